The van der Waals surface area contributed by atoms with Crippen molar-refractivity contribution < 1.29 is 4.79 Å². The maximum atomic E-state index is 13.2. The van der Waals surface area contributed by atoms with Gasteiger partial charge < -0.3 is 4.90 Å². The molecule has 0 saturated heterocycles. The fraction of sp³-hybridized carbons (Fsp3) is 0.182. The summed E-state index contributed by atoms with van der Waals surface area (Å²) >= 11 is 1.60. The van der Waals surface area contributed by atoms with Gasteiger partial charge >= 0.3 is 0 Å². The van der Waals surface area contributed by atoms with Crippen molar-refractivity contribution in [3.05, 3.63) is 95.8 Å². The summed E-state index contributed by atoms with van der Waals surface area (Å²) in [4.78, 5) is 20.5. The van der Waals surface area contributed by atoms with Gasteiger partial charge in [0.25, 0.3) is 5.91 Å². The molecule has 3 nitrogen and oxygen atoms in total. The van der Waals surface area contributed by atoms with Gasteiger partial charge in [0.2, 0.25) is 0 Å². The minimum Gasteiger partial charge on any atom is -0.332 e. The second-order valence-electron chi connectivity index (χ2n) is 5.98. The monoisotopic (exact) mass is 362 g/mol. The van der Waals surface area contributed by atoms with E-state index >= 15 is 0 Å². The van der Waals surface area contributed by atoms with E-state index in [1.165, 1.54) is 5.56 Å². The van der Waals surface area contributed by atoms with E-state index < -0.39 is 0 Å². The second kappa shape index (κ2) is 9.20. The molecule has 4 heteroatoms. The van der Waals surface area contributed by atoms with Crippen molar-refractivity contribution in [2.24, 2.45) is 0 Å². The van der Waals surface area contributed by atoms with Gasteiger partial charge in [0.05, 0.1) is 17.8 Å². The summed E-state index contributed by atoms with van der Waals surface area (Å²) in [5.41, 5.74) is 2.88. The average Bonchev–Trinajstić information content (AvgIpc) is 2.72. The van der Waals surface area contributed by atoms with Crippen LogP contribution in [0.1, 0.15) is 21.6 Å². The van der Waals surface area contributed by atoms with Crippen molar-refractivity contribution >= 4 is 17.7 Å². The Hall–Kier alpha value is -2.59. The topological polar surface area (TPSA) is 33.2 Å². The molecule has 0 radical (unpaired) electrons. The Morgan fingerprint density at radius 2 is 1.69 bits per heavy atom. The Morgan fingerprint density at radius 1 is 0.962 bits per heavy atom. The second-order valence-corrected chi connectivity index (χ2v) is 6.83. The molecule has 3 aromatic rings. The predicted molar refractivity (Wildman–Crippen MR) is 107 cm³/mol. The molecule has 0 aliphatic heterocycles. The molecule has 0 atom stereocenters. The van der Waals surface area contributed by atoms with Gasteiger partial charge in [0, 0.05) is 17.6 Å². The minimum atomic E-state index is 0.0523. The summed E-state index contributed by atoms with van der Waals surface area (Å²) in [6.45, 7) is 1.16. The summed E-state index contributed by atoms with van der Waals surface area (Å²) in [6.07, 6.45) is 4.59. The van der Waals surface area contributed by atoms with Crippen molar-refractivity contribution in [1.82, 2.24) is 9.88 Å². The lowest BCUT2D eigenvalue weighted by atomic mass is 10.1. The van der Waals surface area contributed by atoms with Crippen LogP contribution in [0.4, 0.5) is 0 Å². The predicted octanol–water partition coefficient (Wildman–Crippen LogP) is 4.69. The Balaban J connectivity index is 1.82. The lowest BCUT2D eigenvalue weighted by molar-refractivity contribution is 0.0739. The van der Waals surface area contributed by atoms with Gasteiger partial charge in [0.1, 0.15) is 0 Å². The smallest absolute Gasteiger partial charge is 0.255 e. The highest BCUT2D eigenvalue weighted by molar-refractivity contribution is 7.98. The van der Waals surface area contributed by atoms with Gasteiger partial charge in [-0.3, -0.25) is 9.78 Å². The quantitative estimate of drug-likeness (QED) is 0.572. The van der Waals surface area contributed by atoms with Crippen LogP contribution >= 0.6 is 11.8 Å². The van der Waals surface area contributed by atoms with Crippen LogP contribution in [0.5, 0.6) is 0 Å². The van der Waals surface area contributed by atoms with Crippen molar-refractivity contribution in [3.63, 3.8) is 0 Å². The van der Waals surface area contributed by atoms with E-state index in [-0.39, 0.29) is 5.91 Å². The van der Waals surface area contributed by atoms with Gasteiger partial charge in [-0.05, 0) is 42.5 Å². The maximum Gasteiger partial charge on any atom is 0.255 e. The summed E-state index contributed by atoms with van der Waals surface area (Å²) in [7, 11) is 0. The number of hydrogen-bond donors (Lipinski definition) is 0. The van der Waals surface area contributed by atoms with E-state index in [4.69, 9.17) is 0 Å². The number of thioether (sulfide) groups is 1. The lowest BCUT2D eigenvalue weighted by Crippen LogP contribution is -2.33. The molecule has 0 fully saturated rings. The molecule has 0 unspecified atom stereocenters. The molecule has 0 bridgehead atoms. The lowest BCUT2D eigenvalue weighted by Gasteiger charge is -2.23. The highest BCUT2D eigenvalue weighted by Gasteiger charge is 2.19. The molecule has 2 aromatic carbocycles. The van der Waals surface area contributed by atoms with Crippen LogP contribution in [0.3, 0.4) is 0 Å². The largest absolute Gasteiger partial charge is 0.332 e. The number of amides is 1. The number of nitrogens with zero attached hydrogens (tertiary/aromatic N) is 2. The van der Waals surface area contributed by atoms with E-state index in [1.54, 1.807) is 18.0 Å². The van der Waals surface area contributed by atoms with Gasteiger partial charge in [-0.15, -0.1) is 11.8 Å². The summed E-state index contributed by atoms with van der Waals surface area (Å²) in [5, 5.41) is 0. The number of pyridine rings is 1. The Labute approximate surface area is 159 Å². The first-order chi connectivity index (χ1) is 12.8. The molecule has 3 rings (SSSR count). The highest BCUT2D eigenvalue weighted by atomic mass is 32.2. The van der Waals surface area contributed by atoms with Crippen LogP contribution < -0.4 is 0 Å². The standard InChI is InChI=1S/C22H22N2OS/c1-26-21-13-6-5-12-20(21)22(25)24(17-19-11-7-8-15-23-19)16-14-18-9-3-2-4-10-18/h2-13,15H,14,16-17H2,1H3. The molecule has 0 aliphatic rings. The molecule has 0 aliphatic carbocycles. The third-order valence-electron chi connectivity index (χ3n) is 4.22. The molecule has 1 amide bonds. The molecular formula is C22H22N2OS. The van der Waals surface area contributed by atoms with Crippen molar-refractivity contribution in [2.75, 3.05) is 12.8 Å². The van der Waals surface area contributed by atoms with Gasteiger partial charge in [-0.1, -0.05) is 48.5 Å². The zero-order valence-corrected chi connectivity index (χ0v) is 15.7. The normalized spacial score (nSPS) is 10.5. The maximum absolute atomic E-state index is 13.2. The fourth-order valence-electron chi connectivity index (χ4n) is 2.84. The molecule has 0 saturated carbocycles. The summed E-state index contributed by atoms with van der Waals surface area (Å²) in [5.74, 6) is 0.0523. The van der Waals surface area contributed by atoms with Crippen molar-refractivity contribution in [2.45, 2.75) is 17.9 Å². The Bertz CT molecular complexity index is 837. The van der Waals surface area contributed by atoms with Gasteiger partial charge in [-0.25, -0.2) is 0 Å². The van der Waals surface area contributed by atoms with Gasteiger partial charge in [0.15, 0.2) is 0 Å². The highest BCUT2D eigenvalue weighted by Crippen LogP contribution is 2.22. The van der Waals surface area contributed by atoms with Crippen LogP contribution in [0, 0.1) is 0 Å². The summed E-state index contributed by atoms with van der Waals surface area (Å²) in [6, 6.07) is 23.9. The van der Waals surface area contributed by atoms with E-state index in [0.29, 0.717) is 13.1 Å². The molecule has 0 N–H and O–H groups in total. The molecular weight excluding hydrogens is 340 g/mol. The van der Waals surface area contributed by atoms with Crippen LogP contribution in [0.25, 0.3) is 0 Å². The number of aromatic nitrogens is 1. The number of carbonyl (C=O) groups excluding carboxylic acids is 1. The SMILES string of the molecule is CSc1ccccc1C(=O)N(CCc1ccccc1)Cc1ccccn1. The van der Waals surface area contributed by atoms with Crippen molar-refractivity contribution in [3.8, 4) is 0 Å². The average molecular weight is 362 g/mol. The zero-order valence-electron chi connectivity index (χ0n) is 14.8. The summed E-state index contributed by atoms with van der Waals surface area (Å²) < 4.78 is 0. The minimum absolute atomic E-state index is 0.0523. The number of benzene rings is 2. The molecule has 132 valence electrons. The first-order valence-electron chi connectivity index (χ1n) is 8.64. The van der Waals surface area contributed by atoms with Crippen molar-refractivity contribution in [1.29, 1.82) is 0 Å². The van der Waals surface area contributed by atoms with E-state index in [1.807, 2.05) is 71.8 Å². The molecule has 1 heterocycles. The number of rotatable bonds is 7. The number of carbonyl (C=O) groups is 1. The third-order valence-corrected chi connectivity index (χ3v) is 5.01. The third kappa shape index (κ3) is 4.73. The molecule has 26 heavy (non-hydrogen) atoms. The van der Waals surface area contributed by atoms with Crippen LogP contribution in [0.15, 0.2) is 83.9 Å². The number of hydrogen-bond acceptors (Lipinski definition) is 3. The fourth-order valence-corrected chi connectivity index (χ4v) is 3.43. The van der Waals surface area contributed by atoms with Gasteiger partial charge in [-0.2, -0.15) is 0 Å². The Morgan fingerprint density at radius 3 is 2.42 bits per heavy atom. The van der Waals surface area contributed by atoms with Crippen LogP contribution in [-0.2, 0) is 13.0 Å². The first-order valence-corrected chi connectivity index (χ1v) is 9.86. The van der Waals surface area contributed by atoms with Crippen LogP contribution in [0.2, 0.25) is 0 Å². The van der Waals surface area contributed by atoms with E-state index in [2.05, 4.69) is 17.1 Å². The first kappa shape index (κ1) is 18.2. The van der Waals surface area contributed by atoms with E-state index in [0.717, 1.165) is 22.6 Å². The zero-order chi connectivity index (χ0) is 18.2. The van der Waals surface area contributed by atoms with Crippen LogP contribution in [-0.4, -0.2) is 28.6 Å². The molecule has 0 spiro atoms. The van der Waals surface area contributed by atoms with E-state index in [9.17, 15) is 4.79 Å². The Kier molecular flexibility index (Phi) is 6.45. The molecule has 1 aromatic heterocycles.